The second-order valence-corrected chi connectivity index (χ2v) is 5.25. The molecule has 0 spiro atoms. The van der Waals surface area contributed by atoms with Gasteiger partial charge in [0, 0.05) is 13.1 Å². The maximum absolute atomic E-state index is 12.2. The van der Waals surface area contributed by atoms with Crippen LogP contribution in [0.5, 0.6) is 0 Å². The van der Waals surface area contributed by atoms with Crippen LogP contribution in [-0.2, 0) is 17.9 Å². The first-order valence-electron chi connectivity index (χ1n) is 6.29. The van der Waals surface area contributed by atoms with Gasteiger partial charge in [-0.1, -0.05) is 19.9 Å². The van der Waals surface area contributed by atoms with E-state index in [-0.39, 0.29) is 17.4 Å². The zero-order valence-electron chi connectivity index (χ0n) is 11.1. The van der Waals surface area contributed by atoms with E-state index in [4.69, 9.17) is 10.8 Å². The summed E-state index contributed by atoms with van der Waals surface area (Å²) in [5.74, 6) is -0.944. The fraction of sp³-hybridized carbons (Fsp3) is 0.429. The van der Waals surface area contributed by atoms with E-state index in [1.54, 1.807) is 23.1 Å². The van der Waals surface area contributed by atoms with Gasteiger partial charge in [0.05, 0.1) is 11.6 Å². The molecule has 0 radical (unpaired) electrons. The van der Waals surface area contributed by atoms with Gasteiger partial charge in [0.15, 0.2) is 0 Å². The van der Waals surface area contributed by atoms with E-state index in [2.05, 4.69) is 0 Å². The van der Waals surface area contributed by atoms with Gasteiger partial charge in [0.25, 0.3) is 0 Å². The van der Waals surface area contributed by atoms with Crippen LogP contribution in [-0.4, -0.2) is 27.9 Å². The molecule has 1 atom stereocenters. The van der Waals surface area contributed by atoms with Gasteiger partial charge in [-0.2, -0.15) is 0 Å². The standard InChI is InChI=1S/C14H18N2O3/c1-8(2)12(15)13(17)16-6-10-4-3-9(14(18)19)5-11(10)7-16/h3-5,8,12H,6-7,15H2,1-2H3,(H,18,19)/t12-/m0/s1. The molecule has 1 aromatic rings. The maximum Gasteiger partial charge on any atom is 0.335 e. The lowest BCUT2D eigenvalue weighted by atomic mass is 10.0. The highest BCUT2D eigenvalue weighted by Crippen LogP contribution is 2.25. The Morgan fingerprint density at radius 2 is 1.89 bits per heavy atom. The molecule has 3 N–H and O–H groups in total. The van der Waals surface area contributed by atoms with Gasteiger partial charge >= 0.3 is 5.97 Å². The van der Waals surface area contributed by atoms with E-state index in [0.717, 1.165) is 11.1 Å². The molecule has 1 aliphatic rings. The van der Waals surface area contributed by atoms with Crippen molar-refractivity contribution in [3.63, 3.8) is 0 Å². The summed E-state index contributed by atoms with van der Waals surface area (Å²) in [4.78, 5) is 24.8. The lowest BCUT2D eigenvalue weighted by Crippen LogP contribution is -2.44. The molecule has 102 valence electrons. The molecule has 5 heteroatoms. The highest BCUT2D eigenvalue weighted by molar-refractivity contribution is 5.88. The summed E-state index contributed by atoms with van der Waals surface area (Å²) in [7, 11) is 0. The van der Waals surface area contributed by atoms with Crippen molar-refractivity contribution in [1.29, 1.82) is 0 Å². The predicted octanol–water partition coefficient (Wildman–Crippen LogP) is 1.21. The van der Waals surface area contributed by atoms with Gasteiger partial charge in [0.1, 0.15) is 0 Å². The van der Waals surface area contributed by atoms with Crippen LogP contribution in [0.1, 0.15) is 35.3 Å². The van der Waals surface area contributed by atoms with Crippen LogP contribution in [0.15, 0.2) is 18.2 Å². The Morgan fingerprint density at radius 3 is 2.47 bits per heavy atom. The molecule has 0 aliphatic carbocycles. The van der Waals surface area contributed by atoms with Crippen molar-refractivity contribution in [3.05, 3.63) is 34.9 Å². The molecule has 1 heterocycles. The quantitative estimate of drug-likeness (QED) is 0.857. The molecule has 0 fully saturated rings. The van der Waals surface area contributed by atoms with E-state index in [0.29, 0.717) is 13.1 Å². The van der Waals surface area contributed by atoms with Crippen LogP contribution >= 0.6 is 0 Å². The van der Waals surface area contributed by atoms with Crippen molar-refractivity contribution in [3.8, 4) is 0 Å². The molecule has 0 saturated carbocycles. The summed E-state index contributed by atoms with van der Waals surface area (Å²) >= 11 is 0. The minimum Gasteiger partial charge on any atom is -0.478 e. The Bertz CT molecular complexity index is 525. The van der Waals surface area contributed by atoms with Crippen LogP contribution in [0.4, 0.5) is 0 Å². The van der Waals surface area contributed by atoms with Crippen molar-refractivity contribution < 1.29 is 14.7 Å². The number of hydrogen-bond acceptors (Lipinski definition) is 3. The van der Waals surface area contributed by atoms with Crippen molar-refractivity contribution >= 4 is 11.9 Å². The molecule has 1 aromatic carbocycles. The van der Waals surface area contributed by atoms with Crippen LogP contribution in [0.2, 0.25) is 0 Å². The number of rotatable bonds is 3. The number of nitrogens with two attached hydrogens (primary N) is 1. The van der Waals surface area contributed by atoms with E-state index >= 15 is 0 Å². The number of benzene rings is 1. The lowest BCUT2D eigenvalue weighted by molar-refractivity contribution is -0.134. The number of fused-ring (bicyclic) bond motifs is 1. The van der Waals surface area contributed by atoms with E-state index in [9.17, 15) is 9.59 Å². The lowest BCUT2D eigenvalue weighted by Gasteiger charge is -2.22. The third-order valence-electron chi connectivity index (χ3n) is 3.49. The minimum absolute atomic E-state index is 0.0805. The maximum atomic E-state index is 12.2. The SMILES string of the molecule is CC(C)[C@H](N)C(=O)N1Cc2ccc(C(=O)O)cc2C1. The topological polar surface area (TPSA) is 83.6 Å². The average Bonchev–Trinajstić information content (AvgIpc) is 2.79. The Hall–Kier alpha value is -1.88. The highest BCUT2D eigenvalue weighted by Gasteiger charge is 2.28. The number of hydrogen-bond donors (Lipinski definition) is 2. The first kappa shape index (κ1) is 13.5. The van der Waals surface area contributed by atoms with Gasteiger partial charge in [-0.25, -0.2) is 4.79 Å². The van der Waals surface area contributed by atoms with Crippen molar-refractivity contribution in [2.24, 2.45) is 11.7 Å². The summed E-state index contributed by atoms with van der Waals surface area (Å²) in [5, 5.41) is 8.95. The van der Waals surface area contributed by atoms with Crippen LogP contribution in [0.3, 0.4) is 0 Å². The Labute approximate surface area is 112 Å². The van der Waals surface area contributed by atoms with E-state index in [1.807, 2.05) is 13.8 Å². The number of nitrogens with zero attached hydrogens (tertiary/aromatic N) is 1. The Kier molecular flexibility index (Phi) is 3.57. The monoisotopic (exact) mass is 262 g/mol. The summed E-state index contributed by atoms with van der Waals surface area (Å²) in [6.45, 7) is 4.77. The number of carbonyl (C=O) groups is 2. The Morgan fingerprint density at radius 1 is 1.26 bits per heavy atom. The smallest absolute Gasteiger partial charge is 0.335 e. The van der Waals surface area contributed by atoms with Gasteiger partial charge in [-0.3, -0.25) is 4.79 Å². The molecule has 19 heavy (non-hydrogen) atoms. The third kappa shape index (κ3) is 2.61. The van der Waals surface area contributed by atoms with E-state index < -0.39 is 12.0 Å². The molecule has 1 aliphatic heterocycles. The van der Waals surface area contributed by atoms with Crippen molar-refractivity contribution in [2.75, 3.05) is 0 Å². The first-order valence-corrected chi connectivity index (χ1v) is 6.29. The first-order chi connectivity index (χ1) is 8.90. The molecular formula is C14H18N2O3. The zero-order valence-corrected chi connectivity index (χ0v) is 11.1. The predicted molar refractivity (Wildman–Crippen MR) is 70.5 cm³/mol. The molecule has 1 amide bonds. The second-order valence-electron chi connectivity index (χ2n) is 5.25. The van der Waals surface area contributed by atoms with Gasteiger partial charge < -0.3 is 15.7 Å². The summed E-state index contributed by atoms with van der Waals surface area (Å²) in [6.07, 6.45) is 0. The zero-order chi connectivity index (χ0) is 14.2. The van der Waals surface area contributed by atoms with Crippen LogP contribution in [0, 0.1) is 5.92 Å². The average molecular weight is 262 g/mol. The van der Waals surface area contributed by atoms with Crippen molar-refractivity contribution in [1.82, 2.24) is 4.90 Å². The fourth-order valence-corrected chi connectivity index (χ4v) is 2.18. The van der Waals surface area contributed by atoms with Crippen molar-refractivity contribution in [2.45, 2.75) is 33.0 Å². The molecule has 2 rings (SSSR count). The van der Waals surface area contributed by atoms with Crippen LogP contribution in [0.25, 0.3) is 0 Å². The molecule has 0 saturated heterocycles. The largest absolute Gasteiger partial charge is 0.478 e. The summed E-state index contributed by atoms with van der Waals surface area (Å²) in [6, 6.07) is 4.46. The molecule has 0 aromatic heterocycles. The van der Waals surface area contributed by atoms with E-state index in [1.165, 1.54) is 0 Å². The number of carboxylic acid groups (broad SMARTS) is 1. The van der Waals surface area contributed by atoms with Gasteiger partial charge in [-0.05, 0) is 29.2 Å². The molecule has 0 unspecified atom stereocenters. The number of aromatic carboxylic acids is 1. The minimum atomic E-state index is -0.952. The number of carboxylic acids is 1. The Balaban J connectivity index is 2.16. The highest BCUT2D eigenvalue weighted by atomic mass is 16.4. The van der Waals surface area contributed by atoms with Gasteiger partial charge in [0.2, 0.25) is 5.91 Å². The molecule has 5 nitrogen and oxygen atoms in total. The summed E-state index contributed by atoms with van der Waals surface area (Å²) in [5.41, 5.74) is 8.01. The molecule has 0 bridgehead atoms. The number of carbonyl (C=O) groups excluding carboxylic acids is 1. The number of amides is 1. The fourth-order valence-electron chi connectivity index (χ4n) is 2.18. The summed E-state index contributed by atoms with van der Waals surface area (Å²) < 4.78 is 0. The van der Waals surface area contributed by atoms with Gasteiger partial charge in [-0.15, -0.1) is 0 Å². The second kappa shape index (κ2) is 5.01. The third-order valence-corrected chi connectivity index (χ3v) is 3.49. The van der Waals surface area contributed by atoms with Crippen LogP contribution < -0.4 is 5.73 Å². The molecular weight excluding hydrogens is 244 g/mol. The normalized spacial score (nSPS) is 15.5.